The second-order valence-corrected chi connectivity index (χ2v) is 5.73. The molecule has 1 aliphatic heterocycles. The molecule has 1 aliphatic carbocycles. The van der Waals surface area contributed by atoms with Gasteiger partial charge in [-0.2, -0.15) is 0 Å². The molecule has 0 saturated heterocycles. The van der Waals surface area contributed by atoms with Crippen molar-refractivity contribution in [1.29, 1.82) is 0 Å². The topological polar surface area (TPSA) is 41.4 Å². The minimum Gasteiger partial charge on any atom is -0.453 e. The van der Waals surface area contributed by atoms with Crippen LogP contribution < -0.4 is 15.0 Å². The van der Waals surface area contributed by atoms with Crippen molar-refractivity contribution in [1.82, 2.24) is 0 Å². The molecule has 0 bridgehead atoms. The summed E-state index contributed by atoms with van der Waals surface area (Å²) < 4.78 is 6.09. The highest BCUT2D eigenvalue weighted by Gasteiger charge is 2.26. The molecule has 0 fully saturated rings. The molecule has 21 heavy (non-hydrogen) atoms. The summed E-state index contributed by atoms with van der Waals surface area (Å²) >= 11 is 0. The molecule has 2 N–H and O–H groups in total. The van der Waals surface area contributed by atoms with Crippen LogP contribution in [0.2, 0.25) is 0 Å². The van der Waals surface area contributed by atoms with Crippen LogP contribution in [0.25, 0.3) is 0 Å². The predicted molar refractivity (Wildman–Crippen MR) is 86.6 cm³/mol. The first-order chi connectivity index (χ1) is 10.1. The number of likely N-dealkylation sites (N-methyl/N-ethyl adjacent to an activating group) is 1. The number of hydrogen-bond donors (Lipinski definition) is 1. The van der Waals surface area contributed by atoms with Gasteiger partial charge in [-0.1, -0.05) is 0 Å². The van der Waals surface area contributed by atoms with Gasteiger partial charge < -0.3 is 15.0 Å². The minimum atomic E-state index is 0.350. The summed E-state index contributed by atoms with van der Waals surface area (Å²) in [5.74, 6) is 1.71. The van der Waals surface area contributed by atoms with Crippen LogP contribution in [-0.4, -0.2) is 32.4 Å². The Morgan fingerprint density at radius 2 is 2.14 bits per heavy atom. The number of anilines is 1. The Balaban J connectivity index is 1.99. The highest BCUT2D eigenvalue weighted by molar-refractivity contribution is 6.11. The van der Waals surface area contributed by atoms with Crippen molar-refractivity contribution in [2.75, 3.05) is 25.5 Å². The van der Waals surface area contributed by atoms with Crippen molar-refractivity contribution >= 4 is 17.1 Å². The van der Waals surface area contributed by atoms with Crippen LogP contribution in [0, 0.1) is 0 Å². The van der Waals surface area contributed by atoms with Gasteiger partial charge in [0.1, 0.15) is 17.4 Å². The van der Waals surface area contributed by atoms with Crippen LogP contribution in [0.1, 0.15) is 13.8 Å². The van der Waals surface area contributed by atoms with Crippen molar-refractivity contribution in [3.05, 3.63) is 41.7 Å². The standard InChI is InChI=1S/C17H21N3O/c1-5-18-14-10-17-15(8-11(14)2)19-13-7-6-12(20(3)4)9-16(13)21-17/h6-10,14,18H,5H2,1-4H3/p+1. The van der Waals surface area contributed by atoms with Gasteiger partial charge in [-0.3, -0.25) is 0 Å². The first-order valence-electron chi connectivity index (χ1n) is 7.40. The zero-order chi connectivity index (χ0) is 15.0. The lowest BCUT2D eigenvalue weighted by atomic mass is 9.98. The zero-order valence-corrected chi connectivity index (χ0v) is 13.1. The smallest absolute Gasteiger partial charge is 0.155 e. The van der Waals surface area contributed by atoms with E-state index < -0.39 is 0 Å². The van der Waals surface area contributed by atoms with Crippen LogP contribution >= 0.6 is 0 Å². The summed E-state index contributed by atoms with van der Waals surface area (Å²) in [6, 6.07) is 6.47. The lowest BCUT2D eigenvalue weighted by Crippen LogP contribution is -2.89. The molecular formula is C17H22N3O+. The van der Waals surface area contributed by atoms with Crippen molar-refractivity contribution in [2.24, 2.45) is 4.99 Å². The first kappa shape index (κ1) is 13.9. The highest BCUT2D eigenvalue weighted by atomic mass is 16.5. The fourth-order valence-corrected chi connectivity index (χ4v) is 2.65. The van der Waals surface area contributed by atoms with Crippen LogP contribution in [0.15, 0.2) is 46.7 Å². The Bertz CT molecular complexity index is 656. The van der Waals surface area contributed by atoms with E-state index in [1.165, 1.54) is 5.57 Å². The maximum Gasteiger partial charge on any atom is 0.155 e. The second-order valence-electron chi connectivity index (χ2n) is 5.73. The van der Waals surface area contributed by atoms with Crippen LogP contribution in [0.4, 0.5) is 11.4 Å². The number of nitrogens with two attached hydrogens (primary N) is 1. The number of aliphatic imine (C=N–C) groups is 1. The molecule has 4 heteroatoms. The van der Waals surface area contributed by atoms with E-state index in [0.717, 1.165) is 35.1 Å². The molecule has 0 aromatic heterocycles. The number of fused-ring (bicyclic) bond motifs is 2. The molecule has 4 nitrogen and oxygen atoms in total. The van der Waals surface area contributed by atoms with Crippen molar-refractivity contribution in [3.63, 3.8) is 0 Å². The third-order valence-corrected chi connectivity index (χ3v) is 3.88. The van der Waals surface area contributed by atoms with E-state index in [1.807, 2.05) is 26.2 Å². The maximum absolute atomic E-state index is 6.09. The Hall–Kier alpha value is -2.07. The lowest BCUT2D eigenvalue weighted by Gasteiger charge is -2.25. The van der Waals surface area contributed by atoms with E-state index in [1.54, 1.807) is 0 Å². The highest BCUT2D eigenvalue weighted by Crippen LogP contribution is 2.37. The largest absolute Gasteiger partial charge is 0.453 e. The molecule has 1 heterocycles. The Morgan fingerprint density at radius 1 is 1.33 bits per heavy atom. The van der Waals surface area contributed by atoms with Gasteiger partial charge in [0.2, 0.25) is 0 Å². The van der Waals surface area contributed by atoms with E-state index in [-0.39, 0.29) is 0 Å². The molecule has 0 spiro atoms. The van der Waals surface area contributed by atoms with Crippen molar-refractivity contribution < 1.29 is 10.1 Å². The van der Waals surface area contributed by atoms with Crippen molar-refractivity contribution in [2.45, 2.75) is 19.9 Å². The number of allylic oxidation sites excluding steroid dienone is 1. The molecule has 1 aromatic carbocycles. The van der Waals surface area contributed by atoms with Gasteiger partial charge in [0.05, 0.1) is 6.54 Å². The number of rotatable bonds is 3. The van der Waals surface area contributed by atoms with Gasteiger partial charge in [-0.05, 0) is 37.6 Å². The predicted octanol–water partition coefficient (Wildman–Crippen LogP) is 2.01. The Morgan fingerprint density at radius 3 is 2.86 bits per heavy atom. The van der Waals surface area contributed by atoms with E-state index >= 15 is 0 Å². The van der Waals surface area contributed by atoms with Gasteiger partial charge in [0.25, 0.3) is 0 Å². The number of hydrogen-bond acceptors (Lipinski definition) is 3. The molecule has 110 valence electrons. The minimum absolute atomic E-state index is 0.350. The maximum atomic E-state index is 6.09. The van der Waals surface area contributed by atoms with Crippen LogP contribution in [0.3, 0.4) is 0 Å². The number of benzene rings is 1. The number of nitrogens with zero attached hydrogens (tertiary/aromatic N) is 2. The van der Waals surface area contributed by atoms with Crippen molar-refractivity contribution in [3.8, 4) is 5.75 Å². The van der Waals surface area contributed by atoms with E-state index in [9.17, 15) is 0 Å². The van der Waals surface area contributed by atoms with Gasteiger partial charge >= 0.3 is 0 Å². The van der Waals surface area contributed by atoms with E-state index in [2.05, 4.69) is 42.3 Å². The van der Waals surface area contributed by atoms with Gasteiger partial charge in [-0.25, -0.2) is 4.99 Å². The quantitative estimate of drug-likeness (QED) is 0.922. The zero-order valence-electron chi connectivity index (χ0n) is 13.1. The molecule has 2 aliphatic rings. The molecule has 1 atom stereocenters. The Kier molecular flexibility index (Phi) is 3.55. The van der Waals surface area contributed by atoms with Gasteiger partial charge in [0.15, 0.2) is 11.5 Å². The molecule has 0 amide bonds. The second kappa shape index (κ2) is 5.37. The number of ether oxygens (including phenoxy) is 1. The van der Waals surface area contributed by atoms with Gasteiger partial charge in [0, 0.05) is 31.9 Å². The number of quaternary nitrogens is 1. The summed E-state index contributed by atoms with van der Waals surface area (Å²) in [6.45, 7) is 5.36. The molecule has 0 radical (unpaired) electrons. The SMILES string of the molecule is CC[NH2+]C1C=C2Oc3cc(N(C)C)ccc3N=C2C=C1C. The van der Waals surface area contributed by atoms with Gasteiger partial charge in [-0.15, -0.1) is 0 Å². The molecule has 0 saturated carbocycles. The molecule has 1 unspecified atom stereocenters. The average Bonchev–Trinajstić information content (AvgIpc) is 2.45. The summed E-state index contributed by atoms with van der Waals surface area (Å²) in [5, 5.41) is 2.30. The molecule has 3 rings (SSSR count). The van der Waals surface area contributed by atoms with Crippen LogP contribution in [0.5, 0.6) is 5.75 Å². The summed E-state index contributed by atoms with van der Waals surface area (Å²) in [6.07, 6.45) is 4.30. The average molecular weight is 284 g/mol. The fourth-order valence-electron chi connectivity index (χ4n) is 2.65. The molecular weight excluding hydrogens is 262 g/mol. The Labute approximate surface area is 125 Å². The lowest BCUT2D eigenvalue weighted by molar-refractivity contribution is -0.668. The third-order valence-electron chi connectivity index (χ3n) is 3.88. The fraction of sp³-hybridized carbons (Fsp3) is 0.353. The summed E-state index contributed by atoms with van der Waals surface area (Å²) in [5.41, 5.74) is 4.26. The van der Waals surface area contributed by atoms with E-state index in [4.69, 9.17) is 9.73 Å². The summed E-state index contributed by atoms with van der Waals surface area (Å²) in [4.78, 5) is 6.79. The van der Waals surface area contributed by atoms with Crippen LogP contribution in [-0.2, 0) is 0 Å². The first-order valence-corrected chi connectivity index (χ1v) is 7.40. The summed E-state index contributed by atoms with van der Waals surface area (Å²) in [7, 11) is 4.05. The normalized spacial score (nSPS) is 19.6. The van der Waals surface area contributed by atoms with E-state index in [0.29, 0.717) is 6.04 Å². The molecule has 1 aromatic rings. The third kappa shape index (κ3) is 2.59. The monoisotopic (exact) mass is 284 g/mol.